The molecule has 2 aromatic heterocycles. The summed E-state index contributed by atoms with van der Waals surface area (Å²) in [5.41, 5.74) is 4.08. The topological polar surface area (TPSA) is 71.4 Å². The molecule has 0 radical (unpaired) electrons. The lowest BCUT2D eigenvalue weighted by molar-refractivity contribution is -0.116. The zero-order chi connectivity index (χ0) is 24.9. The van der Waals surface area contributed by atoms with Crippen LogP contribution in [-0.2, 0) is 22.5 Å². The molecule has 8 heteroatoms. The molecule has 2 aliphatic heterocycles. The van der Waals surface area contributed by atoms with E-state index in [9.17, 15) is 4.79 Å². The molecule has 2 saturated heterocycles. The number of para-hydroxylation sites is 1. The largest absolute Gasteiger partial charge is 0.376 e. The first-order valence-electron chi connectivity index (χ1n) is 12.8. The maximum Gasteiger partial charge on any atom is 0.226 e. The molecule has 1 amide bonds. The van der Waals surface area contributed by atoms with Crippen molar-refractivity contribution in [2.45, 2.75) is 57.3 Å². The minimum absolute atomic E-state index is 0.0199. The van der Waals surface area contributed by atoms with Crippen LogP contribution in [0.3, 0.4) is 0 Å². The van der Waals surface area contributed by atoms with Crippen LogP contribution >= 0.6 is 12.2 Å². The summed E-state index contributed by atoms with van der Waals surface area (Å²) in [5, 5.41) is 7.22. The van der Waals surface area contributed by atoms with Crippen molar-refractivity contribution in [3.63, 3.8) is 0 Å². The molecule has 7 nitrogen and oxygen atoms in total. The molecule has 2 aliphatic rings. The second kappa shape index (κ2) is 11.2. The third-order valence-corrected chi connectivity index (χ3v) is 7.39. The van der Waals surface area contributed by atoms with E-state index in [4.69, 9.17) is 17.0 Å². The SMILES string of the molecule is CCc1ccccc1NC(=O)CCN1C(=S)N[C@@H](c2ccccn2)[C@@H]1c1cccn1C[C@@H]1CCCO1. The van der Waals surface area contributed by atoms with Crippen molar-refractivity contribution in [1.29, 1.82) is 0 Å². The lowest BCUT2D eigenvalue weighted by atomic mass is 10.0. The maximum atomic E-state index is 13.0. The van der Waals surface area contributed by atoms with Gasteiger partial charge in [0.05, 0.1) is 23.9 Å². The van der Waals surface area contributed by atoms with E-state index in [0.717, 1.165) is 55.1 Å². The molecule has 0 aliphatic carbocycles. The molecule has 3 aromatic rings. The third-order valence-electron chi connectivity index (χ3n) is 7.04. The Kier molecular flexibility index (Phi) is 7.63. The summed E-state index contributed by atoms with van der Waals surface area (Å²) in [6.45, 7) is 4.23. The zero-order valence-electron chi connectivity index (χ0n) is 20.6. The van der Waals surface area contributed by atoms with Gasteiger partial charge in [-0.3, -0.25) is 9.78 Å². The van der Waals surface area contributed by atoms with Crippen LogP contribution in [0.2, 0.25) is 0 Å². The van der Waals surface area contributed by atoms with Gasteiger partial charge in [0.25, 0.3) is 0 Å². The third kappa shape index (κ3) is 5.29. The number of benzene rings is 1. The molecule has 36 heavy (non-hydrogen) atoms. The van der Waals surface area contributed by atoms with Crippen molar-refractivity contribution in [2.75, 3.05) is 18.5 Å². The number of carbonyl (C=O) groups excluding carboxylic acids is 1. The predicted molar refractivity (Wildman–Crippen MR) is 145 cm³/mol. The van der Waals surface area contributed by atoms with Gasteiger partial charge in [0.2, 0.25) is 5.91 Å². The van der Waals surface area contributed by atoms with Crippen LogP contribution in [-0.4, -0.2) is 44.7 Å². The van der Waals surface area contributed by atoms with Crippen molar-refractivity contribution < 1.29 is 9.53 Å². The van der Waals surface area contributed by atoms with Gasteiger partial charge >= 0.3 is 0 Å². The first kappa shape index (κ1) is 24.5. The molecule has 0 bridgehead atoms. The molecule has 0 unspecified atom stereocenters. The van der Waals surface area contributed by atoms with Gasteiger partial charge in [-0.25, -0.2) is 0 Å². The highest BCUT2D eigenvalue weighted by molar-refractivity contribution is 7.80. The Bertz CT molecular complexity index is 1190. The minimum atomic E-state index is -0.110. The number of nitrogens with one attached hydrogen (secondary N) is 2. The van der Waals surface area contributed by atoms with E-state index in [1.54, 1.807) is 0 Å². The molecule has 188 valence electrons. The average Bonchev–Trinajstić information content (AvgIpc) is 3.65. The first-order chi connectivity index (χ1) is 17.6. The number of aryl methyl sites for hydroxylation is 1. The normalized spacial score (nSPS) is 21.5. The average molecular weight is 504 g/mol. The van der Waals surface area contributed by atoms with Crippen molar-refractivity contribution in [2.24, 2.45) is 0 Å². The van der Waals surface area contributed by atoms with E-state index in [0.29, 0.717) is 18.1 Å². The number of hydrogen-bond acceptors (Lipinski definition) is 4. The number of thiocarbonyl (C=S) groups is 1. The second-order valence-corrected chi connectivity index (χ2v) is 9.74. The molecule has 0 spiro atoms. The fourth-order valence-electron chi connectivity index (χ4n) is 5.22. The van der Waals surface area contributed by atoms with Crippen molar-refractivity contribution in [3.05, 3.63) is 83.9 Å². The summed E-state index contributed by atoms with van der Waals surface area (Å²) in [5.74, 6) is -0.0199. The van der Waals surface area contributed by atoms with Crippen LogP contribution in [0.5, 0.6) is 0 Å². The highest BCUT2D eigenvalue weighted by atomic mass is 32.1. The summed E-state index contributed by atoms with van der Waals surface area (Å²) >= 11 is 5.80. The minimum Gasteiger partial charge on any atom is -0.376 e. The molecule has 1 aromatic carbocycles. The van der Waals surface area contributed by atoms with Crippen LogP contribution in [0.4, 0.5) is 5.69 Å². The summed E-state index contributed by atoms with van der Waals surface area (Å²) in [7, 11) is 0. The smallest absolute Gasteiger partial charge is 0.226 e. The molecule has 2 N–H and O–H groups in total. The number of carbonyl (C=O) groups is 1. The molecule has 0 saturated carbocycles. The van der Waals surface area contributed by atoms with E-state index in [2.05, 4.69) is 50.3 Å². The van der Waals surface area contributed by atoms with Crippen molar-refractivity contribution in [1.82, 2.24) is 19.8 Å². The Hall–Kier alpha value is -3.23. The molecular formula is C28H33N5O2S. The van der Waals surface area contributed by atoms with Crippen LogP contribution in [0.1, 0.15) is 55.2 Å². The number of amides is 1. The van der Waals surface area contributed by atoms with Crippen LogP contribution in [0, 0.1) is 0 Å². The quantitative estimate of drug-likeness (QED) is 0.415. The Balaban J connectivity index is 1.37. The molecule has 2 fully saturated rings. The highest BCUT2D eigenvalue weighted by Crippen LogP contribution is 2.39. The number of aromatic nitrogens is 2. The van der Waals surface area contributed by atoms with Gasteiger partial charge < -0.3 is 24.8 Å². The standard InChI is InChI=1S/C28H33N5O2S/c1-2-20-9-3-4-11-22(20)30-25(34)14-17-33-27(26(31-28(33)36)23-12-5-6-15-29-23)24-13-7-16-32(24)19-21-10-8-18-35-21/h3-7,9,11-13,15-16,21,26-27H,2,8,10,14,17-19H2,1H3,(H,30,34)(H,31,36)/t21-,26-,27-/m0/s1. The monoisotopic (exact) mass is 503 g/mol. The number of pyridine rings is 1. The van der Waals surface area contributed by atoms with Gasteiger partial charge in [-0.1, -0.05) is 31.2 Å². The number of ether oxygens (including phenoxy) is 1. The summed E-state index contributed by atoms with van der Waals surface area (Å²) < 4.78 is 8.19. The zero-order valence-corrected chi connectivity index (χ0v) is 21.4. The van der Waals surface area contributed by atoms with Gasteiger partial charge in [0.1, 0.15) is 0 Å². The van der Waals surface area contributed by atoms with E-state index >= 15 is 0 Å². The van der Waals surface area contributed by atoms with Gasteiger partial charge in [-0.05, 0) is 67.4 Å². The van der Waals surface area contributed by atoms with Crippen LogP contribution in [0.15, 0.2) is 67.0 Å². The fraction of sp³-hybridized carbons (Fsp3) is 0.393. The number of anilines is 1. The Morgan fingerprint density at radius 2 is 2.06 bits per heavy atom. The van der Waals surface area contributed by atoms with Gasteiger partial charge in [0, 0.05) is 49.9 Å². The van der Waals surface area contributed by atoms with E-state index in [1.807, 2.05) is 48.7 Å². The Labute approximate surface area is 217 Å². The van der Waals surface area contributed by atoms with E-state index < -0.39 is 0 Å². The Morgan fingerprint density at radius 3 is 2.83 bits per heavy atom. The van der Waals surface area contributed by atoms with Gasteiger partial charge in [0.15, 0.2) is 5.11 Å². The summed E-state index contributed by atoms with van der Waals surface area (Å²) in [4.78, 5) is 19.7. The first-order valence-corrected chi connectivity index (χ1v) is 13.2. The van der Waals surface area contributed by atoms with E-state index in [1.165, 1.54) is 0 Å². The molecule has 5 rings (SSSR count). The van der Waals surface area contributed by atoms with Crippen LogP contribution < -0.4 is 10.6 Å². The highest BCUT2D eigenvalue weighted by Gasteiger charge is 2.41. The summed E-state index contributed by atoms with van der Waals surface area (Å²) in [6, 6.07) is 17.9. The van der Waals surface area contributed by atoms with Gasteiger partial charge in [-0.2, -0.15) is 0 Å². The number of rotatable bonds is 9. The fourth-order valence-corrected chi connectivity index (χ4v) is 5.55. The number of nitrogens with zero attached hydrogens (tertiary/aromatic N) is 3. The number of hydrogen-bond donors (Lipinski definition) is 2. The van der Waals surface area contributed by atoms with Crippen molar-refractivity contribution >= 4 is 28.9 Å². The lowest BCUT2D eigenvalue weighted by Gasteiger charge is -2.29. The van der Waals surface area contributed by atoms with Crippen molar-refractivity contribution in [3.8, 4) is 0 Å². The maximum absolute atomic E-state index is 13.0. The Morgan fingerprint density at radius 1 is 1.19 bits per heavy atom. The summed E-state index contributed by atoms with van der Waals surface area (Å²) in [6.07, 6.45) is 7.53. The lowest BCUT2D eigenvalue weighted by Crippen LogP contribution is -2.33. The molecular weight excluding hydrogens is 470 g/mol. The molecule has 3 atom stereocenters. The predicted octanol–water partition coefficient (Wildman–Crippen LogP) is 4.63. The van der Waals surface area contributed by atoms with Crippen LogP contribution in [0.25, 0.3) is 0 Å². The van der Waals surface area contributed by atoms with E-state index in [-0.39, 0.29) is 24.1 Å². The second-order valence-electron chi connectivity index (χ2n) is 9.35. The molecule has 4 heterocycles. The van der Waals surface area contributed by atoms with Gasteiger partial charge in [-0.15, -0.1) is 0 Å².